The fourth-order valence-corrected chi connectivity index (χ4v) is 4.36. The Morgan fingerprint density at radius 1 is 1.28 bits per heavy atom. The second-order valence-corrected chi connectivity index (χ2v) is 8.87. The first kappa shape index (κ1) is 19.9. The molecule has 2 N–H and O–H groups in total. The van der Waals surface area contributed by atoms with E-state index in [4.69, 9.17) is 11.6 Å². The monoisotopic (exact) mass is 430 g/mol. The summed E-state index contributed by atoms with van der Waals surface area (Å²) >= 11 is 7.40. The number of aromatic nitrogens is 2. The number of carbonyl (C=O) groups excluding carboxylic acids is 2. The highest BCUT2D eigenvalue weighted by molar-refractivity contribution is 7.20. The van der Waals surface area contributed by atoms with Gasteiger partial charge in [0.15, 0.2) is 0 Å². The molecule has 1 aliphatic rings. The van der Waals surface area contributed by atoms with Crippen molar-refractivity contribution in [2.45, 2.75) is 45.2 Å². The molecule has 0 radical (unpaired) electrons. The third-order valence-corrected chi connectivity index (χ3v) is 6.28. The number of fused-ring (bicyclic) bond motifs is 1. The Morgan fingerprint density at radius 3 is 2.76 bits per heavy atom. The predicted molar refractivity (Wildman–Crippen MR) is 116 cm³/mol. The fourth-order valence-electron chi connectivity index (χ4n) is 3.16. The van der Waals surface area contributed by atoms with E-state index in [2.05, 4.69) is 15.7 Å². The molecule has 1 saturated carbocycles. The lowest BCUT2D eigenvalue weighted by Crippen LogP contribution is -2.28. The molecule has 3 aromatic rings. The lowest BCUT2D eigenvalue weighted by atomic mass is 10.2. The van der Waals surface area contributed by atoms with E-state index in [1.165, 1.54) is 11.3 Å². The third kappa shape index (κ3) is 4.97. The average Bonchev–Trinajstić information content (AvgIpc) is 3.30. The molecule has 0 spiro atoms. The number of hydrogen-bond donors (Lipinski definition) is 2. The van der Waals surface area contributed by atoms with Crippen LogP contribution in [-0.4, -0.2) is 34.2 Å². The van der Waals surface area contributed by atoms with E-state index in [0.29, 0.717) is 41.9 Å². The van der Waals surface area contributed by atoms with Crippen molar-refractivity contribution >= 4 is 45.0 Å². The number of rotatable bonds is 8. The first-order valence-corrected chi connectivity index (χ1v) is 11.0. The van der Waals surface area contributed by atoms with E-state index in [-0.39, 0.29) is 11.8 Å². The van der Waals surface area contributed by atoms with Gasteiger partial charge >= 0.3 is 0 Å². The molecule has 2 amide bonds. The summed E-state index contributed by atoms with van der Waals surface area (Å²) in [5, 5.41) is 12.2. The van der Waals surface area contributed by atoms with E-state index in [1.807, 2.05) is 41.9 Å². The highest BCUT2D eigenvalue weighted by Gasteiger charge is 2.22. The second kappa shape index (κ2) is 8.55. The average molecular weight is 431 g/mol. The van der Waals surface area contributed by atoms with Crippen molar-refractivity contribution < 1.29 is 9.59 Å². The van der Waals surface area contributed by atoms with Crippen molar-refractivity contribution in [3.8, 4) is 0 Å². The Hall–Kier alpha value is -2.38. The van der Waals surface area contributed by atoms with Gasteiger partial charge in [0.2, 0.25) is 5.91 Å². The van der Waals surface area contributed by atoms with Gasteiger partial charge in [-0.3, -0.25) is 14.3 Å². The van der Waals surface area contributed by atoms with Crippen LogP contribution in [0.4, 0.5) is 0 Å². The standard InChI is InChI=1S/C21H23ClN4O2S/c1-13-17-11-18(20(28)23-10-2-3-19(27)24-16-8-9-16)29-21(17)26(25-13)12-14-4-6-15(22)7-5-14/h4-7,11,16H,2-3,8-10,12H2,1H3,(H,23,28)(H,24,27). The molecular weight excluding hydrogens is 408 g/mol. The van der Waals surface area contributed by atoms with Crippen LogP contribution in [0.25, 0.3) is 10.2 Å². The van der Waals surface area contributed by atoms with Crippen molar-refractivity contribution in [1.29, 1.82) is 0 Å². The van der Waals surface area contributed by atoms with E-state index < -0.39 is 0 Å². The zero-order valence-corrected chi connectivity index (χ0v) is 17.8. The molecule has 0 bridgehead atoms. The maximum atomic E-state index is 12.5. The Kier molecular flexibility index (Phi) is 5.87. The zero-order chi connectivity index (χ0) is 20.4. The number of nitrogens with one attached hydrogen (secondary N) is 2. The number of aryl methyl sites for hydroxylation is 1. The van der Waals surface area contributed by atoms with Crippen LogP contribution in [0.1, 0.15) is 46.6 Å². The molecule has 6 nitrogen and oxygen atoms in total. The number of benzene rings is 1. The number of amides is 2. The lowest BCUT2D eigenvalue weighted by Gasteiger charge is -2.05. The molecule has 1 fully saturated rings. The molecule has 4 rings (SSSR count). The summed E-state index contributed by atoms with van der Waals surface area (Å²) in [6.07, 6.45) is 3.25. The summed E-state index contributed by atoms with van der Waals surface area (Å²) in [4.78, 5) is 25.9. The normalized spacial score (nSPS) is 13.6. The summed E-state index contributed by atoms with van der Waals surface area (Å²) in [7, 11) is 0. The van der Waals surface area contributed by atoms with Gasteiger partial charge in [0.1, 0.15) is 4.83 Å². The topological polar surface area (TPSA) is 76.0 Å². The fraction of sp³-hybridized carbons (Fsp3) is 0.381. The minimum Gasteiger partial charge on any atom is -0.353 e. The molecular formula is C21H23ClN4O2S. The molecule has 8 heteroatoms. The van der Waals surface area contributed by atoms with E-state index in [1.54, 1.807) is 0 Å². The van der Waals surface area contributed by atoms with Gasteiger partial charge in [0, 0.05) is 29.4 Å². The molecule has 0 saturated heterocycles. The molecule has 2 aromatic heterocycles. The van der Waals surface area contributed by atoms with Crippen molar-refractivity contribution in [2.24, 2.45) is 0 Å². The Balaban J connectivity index is 1.36. The van der Waals surface area contributed by atoms with Gasteiger partial charge in [0.05, 0.1) is 17.1 Å². The van der Waals surface area contributed by atoms with Gasteiger partial charge in [-0.2, -0.15) is 5.10 Å². The maximum Gasteiger partial charge on any atom is 0.261 e. The second-order valence-electron chi connectivity index (χ2n) is 7.40. The summed E-state index contributed by atoms with van der Waals surface area (Å²) in [6.45, 7) is 3.06. The zero-order valence-electron chi connectivity index (χ0n) is 16.2. The lowest BCUT2D eigenvalue weighted by molar-refractivity contribution is -0.121. The minimum atomic E-state index is -0.105. The predicted octanol–water partition coefficient (Wildman–Crippen LogP) is 3.90. The molecule has 0 aliphatic heterocycles. The van der Waals surface area contributed by atoms with E-state index in [9.17, 15) is 9.59 Å². The van der Waals surface area contributed by atoms with Crippen molar-refractivity contribution in [2.75, 3.05) is 6.54 Å². The van der Waals surface area contributed by atoms with Crippen LogP contribution in [0.15, 0.2) is 30.3 Å². The Morgan fingerprint density at radius 2 is 2.03 bits per heavy atom. The number of carbonyl (C=O) groups is 2. The van der Waals surface area contributed by atoms with Gasteiger partial charge in [-0.05, 0) is 49.9 Å². The van der Waals surface area contributed by atoms with E-state index in [0.717, 1.165) is 34.3 Å². The van der Waals surface area contributed by atoms with E-state index >= 15 is 0 Å². The minimum absolute atomic E-state index is 0.0709. The summed E-state index contributed by atoms with van der Waals surface area (Å²) in [5.74, 6) is -0.0345. The van der Waals surface area contributed by atoms with Crippen LogP contribution in [0, 0.1) is 6.92 Å². The van der Waals surface area contributed by atoms with Crippen LogP contribution in [0.5, 0.6) is 0 Å². The highest BCUT2D eigenvalue weighted by atomic mass is 35.5. The Bertz CT molecular complexity index is 1040. The van der Waals surface area contributed by atoms with Crippen LogP contribution in [0.2, 0.25) is 5.02 Å². The van der Waals surface area contributed by atoms with Gasteiger partial charge in [-0.15, -0.1) is 11.3 Å². The SMILES string of the molecule is Cc1nn(Cc2ccc(Cl)cc2)c2sc(C(=O)NCCCC(=O)NC3CC3)cc12. The number of hydrogen-bond acceptors (Lipinski definition) is 4. The summed E-state index contributed by atoms with van der Waals surface area (Å²) in [6, 6.07) is 9.96. The van der Waals surface area contributed by atoms with Crippen LogP contribution >= 0.6 is 22.9 Å². The molecule has 1 aromatic carbocycles. The number of nitrogens with zero attached hydrogens (tertiary/aromatic N) is 2. The summed E-state index contributed by atoms with van der Waals surface area (Å²) < 4.78 is 1.93. The highest BCUT2D eigenvalue weighted by Crippen LogP contribution is 2.29. The quantitative estimate of drug-likeness (QED) is 0.532. The van der Waals surface area contributed by atoms with Gasteiger partial charge < -0.3 is 10.6 Å². The van der Waals surface area contributed by atoms with Crippen LogP contribution in [-0.2, 0) is 11.3 Å². The first-order valence-electron chi connectivity index (χ1n) is 9.78. The van der Waals surface area contributed by atoms with Gasteiger partial charge in [-0.25, -0.2) is 0 Å². The van der Waals surface area contributed by atoms with Gasteiger partial charge in [0.25, 0.3) is 5.91 Å². The Labute approximate surface area is 178 Å². The summed E-state index contributed by atoms with van der Waals surface area (Å²) in [5.41, 5.74) is 2.00. The molecule has 0 atom stereocenters. The smallest absolute Gasteiger partial charge is 0.261 e. The molecule has 152 valence electrons. The molecule has 0 unspecified atom stereocenters. The largest absolute Gasteiger partial charge is 0.353 e. The molecule has 1 aliphatic carbocycles. The third-order valence-electron chi connectivity index (χ3n) is 4.89. The van der Waals surface area contributed by atoms with Gasteiger partial charge in [-0.1, -0.05) is 23.7 Å². The number of thiophene rings is 1. The van der Waals surface area contributed by atoms with Crippen molar-refractivity contribution in [3.63, 3.8) is 0 Å². The van der Waals surface area contributed by atoms with Crippen molar-refractivity contribution in [3.05, 3.63) is 51.5 Å². The maximum absolute atomic E-state index is 12.5. The van der Waals surface area contributed by atoms with Crippen LogP contribution in [0.3, 0.4) is 0 Å². The van der Waals surface area contributed by atoms with Crippen molar-refractivity contribution in [1.82, 2.24) is 20.4 Å². The molecule has 2 heterocycles. The first-order chi connectivity index (χ1) is 14.0. The number of halogens is 1. The molecule has 29 heavy (non-hydrogen) atoms. The van der Waals surface area contributed by atoms with Crippen LogP contribution < -0.4 is 10.6 Å².